The van der Waals surface area contributed by atoms with Crippen LogP contribution < -0.4 is 0 Å². The molecule has 0 amide bonds. The molecule has 0 fully saturated rings. The lowest BCUT2D eigenvalue weighted by atomic mass is 10.1. The quantitative estimate of drug-likeness (QED) is 0.687. The highest BCUT2D eigenvalue weighted by molar-refractivity contribution is 5.79. The van der Waals surface area contributed by atoms with Crippen molar-refractivity contribution in [1.82, 2.24) is 0 Å². The molecule has 0 radical (unpaired) electrons. The highest BCUT2D eigenvalue weighted by Crippen LogP contribution is 2.43. The first-order valence-corrected chi connectivity index (χ1v) is 5.07. The summed E-state index contributed by atoms with van der Waals surface area (Å²) in [4.78, 5) is 10.9. The predicted molar refractivity (Wildman–Crippen MR) is 53.3 cm³/mol. The molecule has 0 heterocycles. The van der Waals surface area contributed by atoms with Gasteiger partial charge in [-0.25, -0.2) is 4.79 Å². The monoisotopic (exact) mass is 302 g/mol. The number of aliphatic hydroxyl groups is 1. The number of rotatable bonds is 4. The Balaban J connectivity index is 2.80. The zero-order valence-electron chi connectivity index (χ0n) is 9.63. The van der Waals surface area contributed by atoms with E-state index in [1.54, 1.807) is 6.07 Å². The number of hydrogen-bond donors (Lipinski definition) is 1. The lowest BCUT2D eigenvalue weighted by Gasteiger charge is -2.28. The fourth-order valence-corrected chi connectivity index (χ4v) is 1.13. The fraction of sp³-hybridized carbons (Fsp3) is 0.364. The van der Waals surface area contributed by atoms with Crippen LogP contribution in [0.5, 0.6) is 0 Å². The molecule has 1 unspecified atom stereocenters. The molecule has 0 saturated heterocycles. The van der Waals surface area contributed by atoms with Crippen molar-refractivity contribution in [3.05, 3.63) is 35.9 Å². The first-order valence-electron chi connectivity index (χ1n) is 5.07. The van der Waals surface area contributed by atoms with Gasteiger partial charge in [-0.3, -0.25) is 0 Å². The van der Waals surface area contributed by atoms with E-state index in [1.807, 2.05) is 0 Å². The van der Waals surface area contributed by atoms with Gasteiger partial charge >= 0.3 is 23.9 Å². The van der Waals surface area contributed by atoms with Crippen LogP contribution in [0.2, 0.25) is 0 Å². The normalized spacial score (nSPS) is 15.6. The second-order valence-corrected chi connectivity index (χ2v) is 3.76. The molecule has 20 heavy (non-hydrogen) atoms. The van der Waals surface area contributed by atoms with E-state index in [2.05, 4.69) is 4.74 Å². The van der Waals surface area contributed by atoms with Gasteiger partial charge in [0.05, 0.1) is 0 Å². The summed E-state index contributed by atoms with van der Waals surface area (Å²) in [5, 5.41) is 8.20. The minimum atomic E-state index is -6.34. The summed E-state index contributed by atoms with van der Waals surface area (Å²) in [5.41, 5.74) is 0.200. The molecule has 0 bridgehead atoms. The zero-order valence-corrected chi connectivity index (χ0v) is 9.63. The molecule has 0 spiro atoms. The van der Waals surface area contributed by atoms with Gasteiger partial charge in [0.25, 0.3) is 0 Å². The molecular weight excluding hydrogens is 294 g/mol. The van der Waals surface area contributed by atoms with Crippen LogP contribution in [-0.4, -0.2) is 29.0 Å². The molecule has 1 rings (SSSR count). The van der Waals surface area contributed by atoms with Gasteiger partial charge in [-0.2, -0.15) is 26.3 Å². The summed E-state index contributed by atoms with van der Waals surface area (Å²) in [6.07, 6.45) is -6.34. The molecule has 0 saturated carbocycles. The maximum Gasteiger partial charge on any atom is 0.455 e. The molecule has 3 nitrogen and oxygen atoms in total. The van der Waals surface area contributed by atoms with Gasteiger partial charge in [-0.1, -0.05) is 30.3 Å². The van der Waals surface area contributed by atoms with Gasteiger partial charge in [-0.05, 0) is 5.56 Å². The second kappa shape index (κ2) is 5.31. The Morgan fingerprint density at radius 2 is 1.55 bits per heavy atom. The average molecular weight is 302 g/mol. The SMILES string of the molecule is O=C(OCc1ccccc1)C(F)(F)C(O)(F)C(F)(F)F. The minimum Gasteiger partial charge on any atom is -0.456 e. The van der Waals surface area contributed by atoms with Crippen LogP contribution in [0.3, 0.4) is 0 Å². The Labute approximate surface area is 108 Å². The minimum absolute atomic E-state index is 0.200. The Morgan fingerprint density at radius 1 is 1.05 bits per heavy atom. The number of hydrogen-bond acceptors (Lipinski definition) is 3. The van der Waals surface area contributed by atoms with E-state index < -0.39 is 30.5 Å². The van der Waals surface area contributed by atoms with Crippen molar-refractivity contribution in [1.29, 1.82) is 0 Å². The standard InChI is InChI=1S/C11H8F6O3/c12-9(13,10(14,19)11(15,16)17)8(18)20-6-7-4-2-1-3-5-7/h1-5,19H,6H2. The Kier molecular flexibility index (Phi) is 4.33. The summed E-state index contributed by atoms with van der Waals surface area (Å²) >= 11 is 0. The summed E-state index contributed by atoms with van der Waals surface area (Å²) in [6, 6.07) is 7.17. The average Bonchev–Trinajstić information content (AvgIpc) is 2.35. The van der Waals surface area contributed by atoms with E-state index in [-0.39, 0.29) is 5.56 Å². The first-order chi connectivity index (χ1) is 9.00. The maximum absolute atomic E-state index is 13.0. The third-order valence-corrected chi connectivity index (χ3v) is 2.26. The smallest absolute Gasteiger partial charge is 0.455 e. The van der Waals surface area contributed by atoms with Crippen molar-refractivity contribution in [2.75, 3.05) is 0 Å². The van der Waals surface area contributed by atoms with Crippen molar-refractivity contribution >= 4 is 5.97 Å². The number of halogens is 6. The number of carbonyl (C=O) groups is 1. The molecule has 1 N–H and O–H groups in total. The summed E-state index contributed by atoms with van der Waals surface area (Å²) in [7, 11) is 0. The molecule has 1 aromatic rings. The molecule has 0 aliphatic carbocycles. The predicted octanol–water partition coefficient (Wildman–Crippen LogP) is 2.59. The lowest BCUT2D eigenvalue weighted by molar-refractivity contribution is -0.378. The molecule has 0 aromatic heterocycles. The number of benzene rings is 1. The van der Waals surface area contributed by atoms with Crippen molar-refractivity contribution < 1.29 is 41.0 Å². The number of carbonyl (C=O) groups excluding carboxylic acids is 1. The van der Waals surface area contributed by atoms with E-state index >= 15 is 0 Å². The van der Waals surface area contributed by atoms with Gasteiger partial charge in [0, 0.05) is 0 Å². The van der Waals surface area contributed by atoms with Crippen LogP contribution in [0.4, 0.5) is 26.3 Å². The first kappa shape index (κ1) is 16.3. The fourth-order valence-electron chi connectivity index (χ4n) is 1.13. The molecule has 9 heteroatoms. The van der Waals surface area contributed by atoms with E-state index in [9.17, 15) is 31.1 Å². The number of esters is 1. The Bertz CT molecular complexity index is 469. The summed E-state index contributed by atoms with van der Waals surface area (Å²) in [6.45, 7) is -0.788. The van der Waals surface area contributed by atoms with Crippen LogP contribution >= 0.6 is 0 Å². The third kappa shape index (κ3) is 3.03. The molecule has 1 atom stereocenters. The maximum atomic E-state index is 13.0. The van der Waals surface area contributed by atoms with E-state index in [1.165, 1.54) is 24.3 Å². The number of ether oxygens (including phenoxy) is 1. The highest BCUT2D eigenvalue weighted by Gasteiger charge is 2.75. The summed E-state index contributed by atoms with van der Waals surface area (Å²) in [5.74, 6) is -14.6. The van der Waals surface area contributed by atoms with Crippen molar-refractivity contribution in [2.45, 2.75) is 24.6 Å². The topological polar surface area (TPSA) is 46.5 Å². The van der Waals surface area contributed by atoms with Gasteiger partial charge < -0.3 is 9.84 Å². The second-order valence-electron chi connectivity index (χ2n) is 3.76. The Morgan fingerprint density at radius 3 is 2.00 bits per heavy atom. The molecule has 1 aromatic carbocycles. The molecule has 0 aliphatic heterocycles. The largest absolute Gasteiger partial charge is 0.456 e. The van der Waals surface area contributed by atoms with Gasteiger partial charge in [-0.15, -0.1) is 0 Å². The van der Waals surface area contributed by atoms with Crippen LogP contribution in [0.15, 0.2) is 30.3 Å². The Hall–Kier alpha value is -1.77. The van der Waals surface area contributed by atoms with E-state index in [0.29, 0.717) is 0 Å². The van der Waals surface area contributed by atoms with Crippen LogP contribution in [0.1, 0.15) is 5.56 Å². The lowest BCUT2D eigenvalue weighted by Crippen LogP contribution is -2.59. The van der Waals surface area contributed by atoms with E-state index in [4.69, 9.17) is 5.11 Å². The molecule has 112 valence electrons. The summed E-state index contributed by atoms with van der Waals surface area (Å²) < 4.78 is 78.4. The number of alkyl halides is 6. The van der Waals surface area contributed by atoms with Crippen molar-refractivity contribution in [3.8, 4) is 0 Å². The zero-order chi connectivity index (χ0) is 15.6. The van der Waals surface area contributed by atoms with Gasteiger partial charge in [0.1, 0.15) is 6.61 Å². The van der Waals surface area contributed by atoms with Crippen LogP contribution in [-0.2, 0) is 16.1 Å². The van der Waals surface area contributed by atoms with E-state index in [0.717, 1.165) is 0 Å². The third-order valence-electron chi connectivity index (χ3n) is 2.26. The molecule has 0 aliphatic rings. The van der Waals surface area contributed by atoms with Crippen molar-refractivity contribution in [2.24, 2.45) is 0 Å². The molecular formula is C11H8F6O3. The van der Waals surface area contributed by atoms with Gasteiger partial charge in [0.15, 0.2) is 0 Å². The highest BCUT2D eigenvalue weighted by atomic mass is 19.4. The van der Waals surface area contributed by atoms with Gasteiger partial charge in [0.2, 0.25) is 0 Å². The van der Waals surface area contributed by atoms with Crippen molar-refractivity contribution in [3.63, 3.8) is 0 Å². The van der Waals surface area contributed by atoms with Crippen LogP contribution in [0.25, 0.3) is 0 Å². The van der Waals surface area contributed by atoms with Crippen LogP contribution in [0, 0.1) is 0 Å².